The molecule has 6 rings (SSSR count). The largest absolute Gasteiger partial charge is 0.497 e. The fourth-order valence-corrected chi connectivity index (χ4v) is 7.45. The summed E-state index contributed by atoms with van der Waals surface area (Å²) in [4.78, 5) is 17.6. The van der Waals surface area contributed by atoms with Crippen LogP contribution in [0.5, 0.6) is 11.6 Å². The monoisotopic (exact) mass is 511 g/mol. The van der Waals surface area contributed by atoms with E-state index < -0.39 is 12.6 Å². The number of ether oxygens (including phenoxy) is 2. The van der Waals surface area contributed by atoms with E-state index in [0.717, 1.165) is 48.4 Å². The van der Waals surface area contributed by atoms with E-state index in [0.29, 0.717) is 35.1 Å². The van der Waals surface area contributed by atoms with Crippen molar-refractivity contribution in [2.75, 3.05) is 38.2 Å². The fourth-order valence-electron chi connectivity index (χ4n) is 6.68. The van der Waals surface area contributed by atoms with Gasteiger partial charge in [-0.15, -0.1) is 0 Å². The standard InChI is InChI=1S/C26H34N5O4P/c1-34-15-6-8-19-17(12-15)26(25(32)28-19)13-18(26)14-5-7-16-21(11-14)30-31-23(16)27-20-9-10-22(36(3,4)33)29-24(20)35-2/h6,8-10,12,14,16,18,21,23,27,30-31H,5,7,11,13H2,1-4H3,(H,28,32)/t14?,16?,18-,21?,23?,26-/m0/s1. The van der Waals surface area contributed by atoms with Crippen LogP contribution in [0.2, 0.25) is 0 Å². The molecule has 1 aromatic heterocycles. The molecule has 4 aliphatic rings. The van der Waals surface area contributed by atoms with Crippen LogP contribution in [0.1, 0.15) is 31.2 Å². The summed E-state index contributed by atoms with van der Waals surface area (Å²) < 4.78 is 23.4. The van der Waals surface area contributed by atoms with Gasteiger partial charge in [0.2, 0.25) is 11.8 Å². The number of hydrogen-bond acceptors (Lipinski definition) is 8. The van der Waals surface area contributed by atoms with E-state index in [2.05, 4.69) is 26.5 Å². The van der Waals surface area contributed by atoms with E-state index in [-0.39, 0.29) is 12.1 Å². The van der Waals surface area contributed by atoms with Crippen molar-refractivity contribution in [3.05, 3.63) is 35.9 Å². The van der Waals surface area contributed by atoms with Crippen molar-refractivity contribution in [3.63, 3.8) is 0 Å². The number of pyridine rings is 1. The molecule has 2 aliphatic heterocycles. The summed E-state index contributed by atoms with van der Waals surface area (Å²) in [6.45, 7) is 3.42. The maximum atomic E-state index is 13.1. The first-order chi connectivity index (χ1) is 17.2. The number of hydrazine groups is 1. The third-order valence-corrected chi connectivity index (χ3v) is 10.00. The number of fused-ring (bicyclic) bond motifs is 3. The number of nitrogens with zero attached hydrogens (tertiary/aromatic N) is 1. The van der Waals surface area contributed by atoms with Gasteiger partial charge in [-0.1, -0.05) is 0 Å². The molecule has 9 nitrogen and oxygen atoms in total. The van der Waals surface area contributed by atoms with E-state index in [1.165, 1.54) is 0 Å². The van der Waals surface area contributed by atoms with Gasteiger partial charge in [0.25, 0.3) is 0 Å². The molecular formula is C26H34N5O4P. The SMILES string of the molecule is COc1ccc2c(c1)[C@]1(C[C@H]1C1CCC3C(C1)NNC3Nc1ccc(P(C)(C)=O)nc1OC)C(=O)N2. The van der Waals surface area contributed by atoms with Crippen LogP contribution in [0, 0.1) is 17.8 Å². The van der Waals surface area contributed by atoms with Crippen LogP contribution in [0.4, 0.5) is 11.4 Å². The van der Waals surface area contributed by atoms with Crippen molar-refractivity contribution in [2.45, 2.75) is 43.3 Å². The van der Waals surface area contributed by atoms with Crippen molar-refractivity contribution >= 4 is 29.9 Å². The molecule has 192 valence electrons. The Morgan fingerprint density at radius 3 is 2.69 bits per heavy atom. The van der Waals surface area contributed by atoms with Crippen LogP contribution in [0.15, 0.2) is 30.3 Å². The normalized spacial score (nSPS) is 32.6. The minimum atomic E-state index is -2.47. The summed E-state index contributed by atoms with van der Waals surface area (Å²) in [7, 11) is 0.778. The molecule has 1 spiro atoms. The highest BCUT2D eigenvalue weighted by Gasteiger charge is 2.67. The Balaban J connectivity index is 1.15. The zero-order valence-corrected chi connectivity index (χ0v) is 22.0. The number of rotatable bonds is 6. The fraction of sp³-hybridized carbons (Fsp3) is 0.538. The van der Waals surface area contributed by atoms with Crippen molar-refractivity contribution in [2.24, 2.45) is 17.8 Å². The van der Waals surface area contributed by atoms with Gasteiger partial charge >= 0.3 is 0 Å². The van der Waals surface area contributed by atoms with E-state index in [9.17, 15) is 9.36 Å². The Bertz CT molecular complexity index is 1260. The smallest absolute Gasteiger partial charge is 0.237 e. The van der Waals surface area contributed by atoms with Crippen LogP contribution in [0.25, 0.3) is 0 Å². The number of hydrogen-bond donors (Lipinski definition) is 4. The van der Waals surface area contributed by atoms with Crippen molar-refractivity contribution in [3.8, 4) is 11.6 Å². The van der Waals surface area contributed by atoms with E-state index >= 15 is 0 Å². The Hall–Kier alpha value is -2.61. The molecule has 0 bridgehead atoms. The first kappa shape index (κ1) is 23.8. The average molecular weight is 512 g/mol. The van der Waals surface area contributed by atoms with Gasteiger partial charge in [0, 0.05) is 17.6 Å². The molecule has 2 aromatic rings. The number of anilines is 2. The highest BCUT2D eigenvalue weighted by Crippen LogP contribution is 2.65. The topological polar surface area (TPSA) is 114 Å². The third kappa shape index (κ3) is 3.71. The number of carbonyl (C=O) groups excluding carboxylic acids is 1. The van der Waals surface area contributed by atoms with Gasteiger partial charge < -0.3 is 24.7 Å². The second-order valence-electron chi connectivity index (χ2n) is 11.0. The summed E-state index contributed by atoms with van der Waals surface area (Å²) >= 11 is 0. The first-order valence-electron chi connectivity index (χ1n) is 12.6. The summed E-state index contributed by atoms with van der Waals surface area (Å²) in [5, 5.41) is 6.66. The molecule has 1 saturated heterocycles. The number of benzene rings is 1. The van der Waals surface area contributed by atoms with Gasteiger partial charge in [-0.2, -0.15) is 0 Å². The lowest BCUT2D eigenvalue weighted by Crippen LogP contribution is -2.39. The molecule has 3 heterocycles. The van der Waals surface area contributed by atoms with E-state index in [4.69, 9.17) is 9.47 Å². The number of aromatic nitrogens is 1. The summed E-state index contributed by atoms with van der Waals surface area (Å²) in [6, 6.07) is 9.94. The lowest BCUT2D eigenvalue weighted by atomic mass is 9.74. The second-order valence-corrected chi connectivity index (χ2v) is 14.1. The zero-order chi connectivity index (χ0) is 25.2. The summed E-state index contributed by atoms with van der Waals surface area (Å²) in [6.07, 6.45) is 4.10. The van der Waals surface area contributed by atoms with Crippen LogP contribution in [0.3, 0.4) is 0 Å². The van der Waals surface area contributed by atoms with Gasteiger partial charge in [0.1, 0.15) is 18.3 Å². The van der Waals surface area contributed by atoms with Crippen LogP contribution in [-0.4, -0.2) is 50.6 Å². The van der Waals surface area contributed by atoms with E-state index in [1.54, 1.807) is 27.5 Å². The average Bonchev–Trinajstić information content (AvgIpc) is 3.42. The molecular weight excluding hydrogens is 477 g/mol. The van der Waals surface area contributed by atoms with E-state index in [1.807, 2.05) is 30.3 Å². The molecule has 3 fully saturated rings. The number of carbonyl (C=O) groups is 1. The van der Waals surface area contributed by atoms with Gasteiger partial charge in [0.05, 0.1) is 31.5 Å². The zero-order valence-electron chi connectivity index (χ0n) is 21.1. The van der Waals surface area contributed by atoms with Crippen molar-refractivity contribution in [1.29, 1.82) is 0 Å². The minimum absolute atomic E-state index is 0.0282. The molecule has 2 aliphatic carbocycles. The van der Waals surface area contributed by atoms with Gasteiger partial charge in [0.15, 0.2) is 0 Å². The van der Waals surface area contributed by atoms with Crippen LogP contribution >= 0.6 is 7.14 Å². The lowest BCUT2D eigenvalue weighted by molar-refractivity contribution is -0.118. The Labute approximate surface area is 211 Å². The highest BCUT2D eigenvalue weighted by molar-refractivity contribution is 7.69. The molecule has 1 amide bonds. The first-order valence-corrected chi connectivity index (χ1v) is 15.2. The van der Waals surface area contributed by atoms with Crippen LogP contribution < -0.4 is 36.4 Å². The lowest BCUT2D eigenvalue weighted by Gasteiger charge is -2.34. The molecule has 4 unspecified atom stereocenters. The molecule has 6 atom stereocenters. The van der Waals surface area contributed by atoms with Crippen molar-refractivity contribution < 1.29 is 18.8 Å². The maximum Gasteiger partial charge on any atom is 0.237 e. The second kappa shape index (κ2) is 8.47. The molecule has 1 aromatic carbocycles. The Morgan fingerprint density at radius 1 is 1.11 bits per heavy atom. The summed E-state index contributed by atoms with van der Waals surface area (Å²) in [5.74, 6) is 2.64. The van der Waals surface area contributed by atoms with Crippen LogP contribution in [-0.2, 0) is 14.8 Å². The number of amides is 1. The Kier molecular flexibility index (Phi) is 5.59. The number of nitrogens with one attached hydrogen (secondary N) is 4. The predicted octanol–water partition coefficient (Wildman–Crippen LogP) is 2.89. The van der Waals surface area contributed by atoms with Gasteiger partial charge in [-0.3, -0.25) is 10.2 Å². The third-order valence-electron chi connectivity index (χ3n) is 8.64. The summed E-state index contributed by atoms with van der Waals surface area (Å²) in [5.41, 5.74) is 9.91. The van der Waals surface area contributed by atoms with Gasteiger partial charge in [-0.05, 0) is 86.7 Å². The molecule has 4 N–H and O–H groups in total. The molecule has 36 heavy (non-hydrogen) atoms. The molecule has 2 saturated carbocycles. The quantitative estimate of drug-likeness (QED) is 0.438. The molecule has 10 heteroatoms. The van der Waals surface area contributed by atoms with Gasteiger partial charge in [-0.25, -0.2) is 10.4 Å². The van der Waals surface area contributed by atoms with Crippen molar-refractivity contribution in [1.82, 2.24) is 15.8 Å². The minimum Gasteiger partial charge on any atom is -0.497 e. The Morgan fingerprint density at radius 2 is 1.94 bits per heavy atom. The maximum absolute atomic E-state index is 13.1. The highest BCUT2D eigenvalue weighted by atomic mass is 31.2. The predicted molar refractivity (Wildman–Crippen MR) is 140 cm³/mol. The molecule has 0 radical (unpaired) electrons. The number of methoxy groups -OCH3 is 2.